The molecule has 1 aromatic heterocycles. The highest BCUT2D eigenvalue weighted by Crippen LogP contribution is 2.26. The lowest BCUT2D eigenvalue weighted by atomic mass is 10.1. The molecule has 0 radical (unpaired) electrons. The molecule has 0 spiro atoms. The Morgan fingerprint density at radius 3 is 2.61 bits per heavy atom. The van der Waals surface area contributed by atoms with E-state index in [0.29, 0.717) is 0 Å². The van der Waals surface area contributed by atoms with E-state index in [1.807, 2.05) is 0 Å². The molecule has 1 aromatic rings. The van der Waals surface area contributed by atoms with Crippen LogP contribution in [0.2, 0.25) is 0 Å². The number of halogens is 1. The third-order valence-corrected chi connectivity index (χ3v) is 2.79. The van der Waals surface area contributed by atoms with Crippen molar-refractivity contribution < 1.29 is 29.0 Å². The second kappa shape index (κ2) is 4.61. The van der Waals surface area contributed by atoms with Gasteiger partial charge in [-0.1, -0.05) is 4.98 Å². The molecular weight excluding hydrogens is 247 g/mol. The average Bonchev–Trinajstić information content (AvgIpc) is 2.61. The highest BCUT2D eigenvalue weighted by atomic mass is 19.1. The second-order valence-corrected chi connectivity index (χ2v) is 3.97. The number of aliphatic hydroxyl groups is 3. The lowest BCUT2D eigenvalue weighted by Crippen LogP contribution is -2.49. The van der Waals surface area contributed by atoms with Gasteiger partial charge in [-0.25, -0.2) is 4.57 Å². The molecule has 9 heteroatoms. The topological polar surface area (TPSA) is 139 Å². The van der Waals surface area contributed by atoms with Crippen molar-refractivity contribution in [3.8, 4) is 0 Å². The normalized spacial score (nSPS) is 31.8. The van der Waals surface area contributed by atoms with Gasteiger partial charge >= 0.3 is 5.95 Å². The molecule has 4 atom stereocenters. The molecule has 0 saturated carbocycles. The molecule has 7 N–H and O–H groups in total. The minimum absolute atomic E-state index is 0.177. The first-order valence-corrected chi connectivity index (χ1v) is 5.20. The maximum Gasteiger partial charge on any atom is 0.393 e. The van der Waals surface area contributed by atoms with E-state index in [9.17, 15) is 14.6 Å². The van der Waals surface area contributed by atoms with Crippen molar-refractivity contribution in [2.45, 2.75) is 24.5 Å². The molecule has 100 valence electrons. The third-order valence-electron chi connectivity index (χ3n) is 2.79. The summed E-state index contributed by atoms with van der Waals surface area (Å²) >= 11 is 0. The number of anilines is 2. The highest BCUT2D eigenvalue weighted by molar-refractivity contribution is 5.30. The van der Waals surface area contributed by atoms with Crippen LogP contribution >= 0.6 is 0 Å². The van der Waals surface area contributed by atoms with Crippen LogP contribution in [0.25, 0.3) is 0 Å². The summed E-state index contributed by atoms with van der Waals surface area (Å²) in [6, 6.07) is 0. The minimum Gasteiger partial charge on any atom is -0.394 e. The maximum absolute atomic E-state index is 13.3. The molecular formula is C9H14FN4O4+. The summed E-state index contributed by atoms with van der Waals surface area (Å²) in [7, 11) is 0. The van der Waals surface area contributed by atoms with Crippen molar-refractivity contribution in [2.24, 2.45) is 0 Å². The third kappa shape index (κ3) is 1.97. The van der Waals surface area contributed by atoms with Crippen LogP contribution in [0.15, 0.2) is 6.20 Å². The van der Waals surface area contributed by atoms with E-state index < -0.39 is 37.0 Å². The standard InChI is InChI=1S/C9H13FN4O4/c10-3-1-14(9(12)13-7(3)11)8-6(17)5(16)4(2-15)18-8/h1,4-6,8,15-17H,2H2,(H3,11,12,13)/p+1/t4-,5-,6-,8-/m1/s1. The number of nitrogen functional groups attached to an aromatic ring is 2. The summed E-state index contributed by atoms with van der Waals surface area (Å²) in [6.45, 7) is -0.486. The van der Waals surface area contributed by atoms with Crippen molar-refractivity contribution in [1.82, 2.24) is 4.98 Å². The van der Waals surface area contributed by atoms with Crippen LogP contribution in [0.3, 0.4) is 0 Å². The van der Waals surface area contributed by atoms with E-state index in [4.69, 9.17) is 21.3 Å². The molecule has 8 nitrogen and oxygen atoms in total. The molecule has 0 unspecified atom stereocenters. The Balaban J connectivity index is 2.35. The molecule has 0 amide bonds. The summed E-state index contributed by atoms with van der Waals surface area (Å²) < 4.78 is 19.5. The van der Waals surface area contributed by atoms with E-state index in [0.717, 1.165) is 10.8 Å². The zero-order chi connectivity index (χ0) is 13.4. The van der Waals surface area contributed by atoms with Gasteiger partial charge in [0, 0.05) is 0 Å². The molecule has 1 aliphatic rings. The monoisotopic (exact) mass is 261 g/mol. The van der Waals surface area contributed by atoms with Gasteiger partial charge in [-0.3, -0.25) is 5.73 Å². The Bertz CT molecular complexity index is 460. The predicted octanol–water partition coefficient (Wildman–Crippen LogP) is -2.72. The molecule has 1 fully saturated rings. The van der Waals surface area contributed by atoms with Crippen molar-refractivity contribution in [3.05, 3.63) is 12.0 Å². The number of nitrogens with zero attached hydrogens (tertiary/aromatic N) is 2. The molecule has 2 heterocycles. The van der Waals surface area contributed by atoms with Gasteiger partial charge in [0.15, 0.2) is 0 Å². The van der Waals surface area contributed by atoms with Crippen molar-refractivity contribution >= 4 is 11.8 Å². The van der Waals surface area contributed by atoms with Gasteiger partial charge in [-0.05, 0) is 0 Å². The zero-order valence-corrected chi connectivity index (χ0v) is 9.27. The summed E-state index contributed by atoms with van der Waals surface area (Å²) in [5, 5.41) is 28.3. The quantitative estimate of drug-likeness (QED) is 0.364. The van der Waals surface area contributed by atoms with E-state index in [1.165, 1.54) is 0 Å². The van der Waals surface area contributed by atoms with E-state index in [-0.39, 0.29) is 11.8 Å². The molecule has 0 aromatic carbocycles. The lowest BCUT2D eigenvalue weighted by molar-refractivity contribution is -0.756. The van der Waals surface area contributed by atoms with Crippen molar-refractivity contribution in [2.75, 3.05) is 18.1 Å². The van der Waals surface area contributed by atoms with Gasteiger partial charge in [0.25, 0.3) is 0 Å². The van der Waals surface area contributed by atoms with E-state index >= 15 is 0 Å². The van der Waals surface area contributed by atoms with Gasteiger partial charge in [-0.2, -0.15) is 4.39 Å². The molecule has 0 bridgehead atoms. The first-order valence-electron chi connectivity index (χ1n) is 5.20. The largest absolute Gasteiger partial charge is 0.394 e. The summed E-state index contributed by atoms with van der Waals surface area (Å²) in [5.41, 5.74) is 10.8. The fourth-order valence-electron chi connectivity index (χ4n) is 1.80. The van der Waals surface area contributed by atoms with Crippen LogP contribution in [0, 0.1) is 5.82 Å². The average molecular weight is 261 g/mol. The number of hydrogen-bond donors (Lipinski definition) is 5. The van der Waals surface area contributed by atoms with Crippen LogP contribution < -0.4 is 16.0 Å². The van der Waals surface area contributed by atoms with Gasteiger partial charge < -0.3 is 25.8 Å². The van der Waals surface area contributed by atoms with Crippen LogP contribution in [0.5, 0.6) is 0 Å². The van der Waals surface area contributed by atoms with Gasteiger partial charge in [0.05, 0.1) is 6.61 Å². The van der Waals surface area contributed by atoms with Gasteiger partial charge in [-0.15, -0.1) is 0 Å². The van der Waals surface area contributed by atoms with E-state index in [2.05, 4.69) is 4.98 Å². The number of aliphatic hydroxyl groups excluding tert-OH is 3. The Morgan fingerprint density at radius 2 is 2.06 bits per heavy atom. The number of hydrogen-bond acceptors (Lipinski definition) is 7. The number of ether oxygens (including phenoxy) is 1. The Hall–Kier alpha value is -1.55. The summed E-state index contributed by atoms with van der Waals surface area (Å²) in [6.07, 6.45) is -3.86. The summed E-state index contributed by atoms with van der Waals surface area (Å²) in [4.78, 5) is 3.54. The van der Waals surface area contributed by atoms with Crippen LogP contribution in [-0.2, 0) is 4.74 Å². The first-order chi connectivity index (χ1) is 8.45. The fourth-order valence-corrected chi connectivity index (χ4v) is 1.80. The van der Waals surface area contributed by atoms with Crippen molar-refractivity contribution in [3.63, 3.8) is 0 Å². The second-order valence-electron chi connectivity index (χ2n) is 3.97. The van der Waals surface area contributed by atoms with Gasteiger partial charge in [0.1, 0.15) is 24.5 Å². The molecule has 18 heavy (non-hydrogen) atoms. The highest BCUT2D eigenvalue weighted by Gasteiger charge is 2.46. The smallest absolute Gasteiger partial charge is 0.393 e. The number of rotatable bonds is 2. The Kier molecular flexibility index (Phi) is 3.30. The van der Waals surface area contributed by atoms with Crippen LogP contribution in [-0.4, -0.2) is 45.2 Å². The number of aromatic nitrogens is 2. The molecule has 1 aliphatic heterocycles. The fraction of sp³-hybridized carbons (Fsp3) is 0.556. The minimum atomic E-state index is -1.36. The molecule has 1 saturated heterocycles. The Morgan fingerprint density at radius 1 is 1.39 bits per heavy atom. The van der Waals surface area contributed by atoms with Gasteiger partial charge in [0.2, 0.25) is 17.9 Å². The number of nitrogens with two attached hydrogens (primary N) is 2. The Labute approximate surface area is 101 Å². The van der Waals surface area contributed by atoms with E-state index in [1.54, 1.807) is 0 Å². The van der Waals surface area contributed by atoms with Crippen molar-refractivity contribution in [1.29, 1.82) is 0 Å². The first kappa shape index (κ1) is 12.9. The molecule has 0 aliphatic carbocycles. The van der Waals surface area contributed by atoms with Crippen LogP contribution in [0.4, 0.5) is 16.2 Å². The predicted molar refractivity (Wildman–Crippen MR) is 56.2 cm³/mol. The lowest BCUT2D eigenvalue weighted by Gasteiger charge is -2.14. The maximum atomic E-state index is 13.3. The SMILES string of the molecule is Nc1nc(N)[n+]([C@@H]2O[C@H](CO)[C@@H](O)[C@H]2O)cc1F. The molecule has 2 rings (SSSR count). The van der Waals surface area contributed by atoms with Crippen LogP contribution in [0.1, 0.15) is 6.23 Å². The summed E-state index contributed by atoms with van der Waals surface area (Å²) in [5.74, 6) is -1.39. The zero-order valence-electron chi connectivity index (χ0n) is 9.27.